The Morgan fingerprint density at radius 3 is 2.19 bits per heavy atom. The summed E-state index contributed by atoms with van der Waals surface area (Å²) in [7, 11) is 0. The summed E-state index contributed by atoms with van der Waals surface area (Å²) in [6.45, 7) is 1.76. The van der Waals surface area contributed by atoms with E-state index in [1.54, 1.807) is 24.3 Å². The first-order valence-electron chi connectivity index (χ1n) is 11.5. The van der Waals surface area contributed by atoms with E-state index in [1.807, 2.05) is 12.3 Å². The minimum Gasteiger partial charge on any atom is -0.480 e. The Hall–Kier alpha value is -3.32. The molecule has 0 saturated heterocycles. The lowest BCUT2D eigenvalue weighted by atomic mass is 10.0. The van der Waals surface area contributed by atoms with Gasteiger partial charge in [-0.15, -0.1) is 0 Å². The van der Waals surface area contributed by atoms with Crippen molar-refractivity contribution < 1.29 is 24.3 Å². The number of aliphatic carboxylic acids is 1. The van der Waals surface area contributed by atoms with Crippen LogP contribution in [0.25, 0.3) is 0 Å². The van der Waals surface area contributed by atoms with Crippen molar-refractivity contribution in [1.82, 2.24) is 16.0 Å². The second kappa shape index (κ2) is 16.4. The maximum Gasteiger partial charge on any atom is 0.326 e. The lowest BCUT2D eigenvalue weighted by Gasteiger charge is -2.23. The highest BCUT2D eigenvalue weighted by molar-refractivity contribution is 7.98. The van der Waals surface area contributed by atoms with E-state index in [9.17, 15) is 24.3 Å². The number of aliphatic imine (C=N–C) groups is 1. The fourth-order valence-corrected chi connectivity index (χ4v) is 3.63. The zero-order valence-electron chi connectivity index (χ0n) is 20.6. The number of hydrogen-bond donors (Lipinski definition) is 7. The quantitative estimate of drug-likeness (QED) is 0.0795. The number of thioether (sulfide) groups is 1. The van der Waals surface area contributed by atoms with E-state index in [0.29, 0.717) is 25.1 Å². The van der Waals surface area contributed by atoms with Crippen molar-refractivity contribution in [2.45, 2.75) is 56.8 Å². The Bertz CT molecular complexity index is 896. The molecular formula is C23H37N7O5S. The van der Waals surface area contributed by atoms with Crippen molar-refractivity contribution >= 4 is 41.4 Å². The molecule has 0 fully saturated rings. The van der Waals surface area contributed by atoms with E-state index in [2.05, 4.69) is 20.9 Å². The van der Waals surface area contributed by atoms with Gasteiger partial charge >= 0.3 is 5.97 Å². The highest BCUT2D eigenvalue weighted by Gasteiger charge is 2.28. The molecule has 0 aliphatic rings. The van der Waals surface area contributed by atoms with E-state index in [1.165, 1.54) is 18.7 Å². The summed E-state index contributed by atoms with van der Waals surface area (Å²) in [4.78, 5) is 53.5. The molecule has 10 N–H and O–H groups in total. The number of carbonyl (C=O) groups is 4. The topological polar surface area (TPSA) is 215 Å². The van der Waals surface area contributed by atoms with Crippen LogP contribution in [0.5, 0.6) is 0 Å². The molecule has 4 unspecified atom stereocenters. The first kappa shape index (κ1) is 30.7. The van der Waals surface area contributed by atoms with Crippen molar-refractivity contribution in [3.63, 3.8) is 0 Å². The lowest BCUT2D eigenvalue weighted by Crippen LogP contribution is -2.56. The standard InChI is InChI=1S/C23H37N7O5S/c1-14(19(31)29-17(22(34)35)10-12-36-2)28-21(33)18(13-15-7-4-3-5-8-15)30-20(32)16(24)9-6-11-27-23(25)26/h3-5,7-8,14,16-18H,6,9-13,24H2,1-2H3,(H,28,33)(H,29,31)(H,30,32)(H,34,35)(H4,25,26,27). The van der Waals surface area contributed by atoms with Gasteiger partial charge in [-0.25, -0.2) is 4.79 Å². The molecule has 0 saturated carbocycles. The molecule has 0 heterocycles. The van der Waals surface area contributed by atoms with Gasteiger partial charge in [0.05, 0.1) is 6.04 Å². The molecule has 1 aromatic rings. The first-order valence-corrected chi connectivity index (χ1v) is 12.9. The molecule has 36 heavy (non-hydrogen) atoms. The first-order chi connectivity index (χ1) is 17.0. The van der Waals surface area contributed by atoms with Crippen LogP contribution in [0.4, 0.5) is 0 Å². The molecule has 0 aromatic heterocycles. The molecule has 0 bridgehead atoms. The second-order valence-corrected chi connectivity index (χ2v) is 9.20. The third kappa shape index (κ3) is 11.9. The average molecular weight is 524 g/mol. The number of carboxylic acids is 1. The van der Waals surface area contributed by atoms with Crippen molar-refractivity contribution in [3.05, 3.63) is 35.9 Å². The predicted octanol–water partition coefficient (Wildman–Crippen LogP) is -1.08. The highest BCUT2D eigenvalue weighted by Crippen LogP contribution is 2.06. The minimum absolute atomic E-state index is 0.0512. The van der Waals surface area contributed by atoms with E-state index < -0.39 is 47.9 Å². The van der Waals surface area contributed by atoms with Gasteiger partial charge in [-0.2, -0.15) is 11.8 Å². The molecular weight excluding hydrogens is 486 g/mol. The van der Waals surface area contributed by atoms with Crippen LogP contribution in [0.2, 0.25) is 0 Å². The van der Waals surface area contributed by atoms with Gasteiger partial charge < -0.3 is 38.3 Å². The van der Waals surface area contributed by atoms with Crippen LogP contribution < -0.4 is 33.2 Å². The minimum atomic E-state index is -1.15. The van der Waals surface area contributed by atoms with E-state index in [-0.39, 0.29) is 18.8 Å². The number of guanidine groups is 1. The molecule has 0 radical (unpaired) electrons. The van der Waals surface area contributed by atoms with Crippen LogP contribution in [-0.4, -0.2) is 77.5 Å². The predicted molar refractivity (Wildman–Crippen MR) is 140 cm³/mol. The molecule has 200 valence electrons. The normalized spacial score (nSPS) is 14.0. The third-order valence-electron chi connectivity index (χ3n) is 5.20. The Kier molecular flexibility index (Phi) is 14.0. The molecule has 0 aliphatic carbocycles. The lowest BCUT2D eigenvalue weighted by molar-refractivity contribution is -0.142. The molecule has 0 spiro atoms. The number of carbonyl (C=O) groups excluding carboxylic acids is 3. The fourth-order valence-electron chi connectivity index (χ4n) is 3.16. The monoisotopic (exact) mass is 523 g/mol. The van der Waals surface area contributed by atoms with Gasteiger partial charge in [-0.3, -0.25) is 19.4 Å². The smallest absolute Gasteiger partial charge is 0.326 e. The number of rotatable bonds is 16. The molecule has 13 heteroatoms. The van der Waals surface area contributed by atoms with E-state index in [4.69, 9.17) is 17.2 Å². The maximum absolute atomic E-state index is 13.0. The van der Waals surface area contributed by atoms with Crippen LogP contribution in [-0.2, 0) is 25.6 Å². The molecule has 1 rings (SSSR count). The number of nitrogens with two attached hydrogens (primary N) is 3. The summed E-state index contributed by atoms with van der Waals surface area (Å²) < 4.78 is 0. The van der Waals surface area contributed by atoms with Crippen LogP contribution in [0.3, 0.4) is 0 Å². The summed E-state index contributed by atoms with van der Waals surface area (Å²) in [6.07, 6.45) is 3.02. The number of benzene rings is 1. The van der Waals surface area contributed by atoms with Gasteiger partial charge in [0.2, 0.25) is 17.7 Å². The van der Waals surface area contributed by atoms with E-state index in [0.717, 1.165) is 5.56 Å². The summed E-state index contributed by atoms with van der Waals surface area (Å²) in [5.74, 6) is -2.42. The Balaban J connectivity index is 2.84. The second-order valence-electron chi connectivity index (χ2n) is 8.22. The van der Waals surface area contributed by atoms with Crippen LogP contribution in [0.15, 0.2) is 35.3 Å². The fraction of sp³-hybridized carbons (Fsp3) is 0.522. The van der Waals surface area contributed by atoms with Crippen LogP contribution >= 0.6 is 11.8 Å². The van der Waals surface area contributed by atoms with E-state index >= 15 is 0 Å². The van der Waals surface area contributed by atoms with Gasteiger partial charge in [0.15, 0.2) is 5.96 Å². The van der Waals surface area contributed by atoms with Gasteiger partial charge in [0, 0.05) is 13.0 Å². The zero-order chi connectivity index (χ0) is 27.1. The maximum atomic E-state index is 13.0. The molecule has 0 aliphatic heterocycles. The van der Waals surface area contributed by atoms with Gasteiger partial charge in [-0.05, 0) is 43.8 Å². The number of nitrogens with zero attached hydrogens (tertiary/aromatic N) is 1. The zero-order valence-corrected chi connectivity index (χ0v) is 21.4. The Labute approximate surface area is 215 Å². The highest BCUT2D eigenvalue weighted by atomic mass is 32.2. The molecule has 1 aromatic carbocycles. The molecule has 4 atom stereocenters. The van der Waals surface area contributed by atoms with Crippen LogP contribution in [0, 0.1) is 0 Å². The number of hydrogen-bond acceptors (Lipinski definition) is 7. The van der Waals surface area contributed by atoms with Crippen molar-refractivity contribution in [2.24, 2.45) is 22.2 Å². The number of carboxylic acid groups (broad SMARTS) is 1. The summed E-state index contributed by atoms with van der Waals surface area (Å²) in [5.41, 5.74) is 17.3. The summed E-state index contributed by atoms with van der Waals surface area (Å²) in [5, 5.41) is 17.0. The summed E-state index contributed by atoms with van der Waals surface area (Å²) >= 11 is 1.46. The van der Waals surface area contributed by atoms with Gasteiger partial charge in [0.25, 0.3) is 0 Å². The SMILES string of the molecule is CSCCC(NC(=O)C(C)NC(=O)C(Cc1ccccc1)NC(=O)C(N)CCCN=C(N)N)C(=O)O. The van der Waals surface area contributed by atoms with Crippen molar-refractivity contribution in [2.75, 3.05) is 18.6 Å². The van der Waals surface area contributed by atoms with Gasteiger partial charge in [0.1, 0.15) is 18.1 Å². The van der Waals surface area contributed by atoms with Crippen molar-refractivity contribution in [3.8, 4) is 0 Å². The van der Waals surface area contributed by atoms with Gasteiger partial charge in [-0.1, -0.05) is 30.3 Å². The van der Waals surface area contributed by atoms with Crippen molar-refractivity contribution in [1.29, 1.82) is 0 Å². The number of nitrogens with one attached hydrogen (secondary N) is 3. The molecule has 12 nitrogen and oxygen atoms in total. The number of amides is 3. The summed E-state index contributed by atoms with van der Waals surface area (Å²) in [6, 6.07) is 5.05. The third-order valence-corrected chi connectivity index (χ3v) is 5.84. The van der Waals surface area contributed by atoms with Crippen LogP contribution in [0.1, 0.15) is 31.7 Å². The Morgan fingerprint density at radius 1 is 0.972 bits per heavy atom. The Morgan fingerprint density at radius 2 is 1.61 bits per heavy atom. The average Bonchev–Trinajstić information content (AvgIpc) is 2.83. The molecule has 3 amide bonds. The largest absolute Gasteiger partial charge is 0.480 e.